The standard InChI is InChI=1S/C24H18ClF2NO5S/c1-13-9-15(24(26,27)23(29)30)10-14(2)22(13)33-17-5-8-20-19(11-17)21(12-28-20)34(31,32)18-6-3-16(25)4-7-18/h3-12,28H,1-2H3,(H,29,30). The number of fused-ring (bicyclic) bond motifs is 1. The van der Waals surface area contributed by atoms with Crippen LogP contribution in [0.3, 0.4) is 0 Å². The SMILES string of the molecule is Cc1cc(C(F)(F)C(=O)O)cc(C)c1Oc1ccc2[nH]cc(S(=O)(=O)c3ccc(Cl)cc3)c2c1. The Morgan fingerprint density at radius 3 is 2.24 bits per heavy atom. The summed E-state index contributed by atoms with van der Waals surface area (Å²) in [6, 6.07) is 12.7. The molecule has 10 heteroatoms. The monoisotopic (exact) mass is 505 g/mol. The average molecular weight is 506 g/mol. The molecule has 0 fully saturated rings. The summed E-state index contributed by atoms with van der Waals surface area (Å²) < 4.78 is 60.1. The zero-order valence-electron chi connectivity index (χ0n) is 17.9. The summed E-state index contributed by atoms with van der Waals surface area (Å²) >= 11 is 5.87. The molecule has 0 saturated carbocycles. The van der Waals surface area contributed by atoms with E-state index < -0.39 is 27.3 Å². The second kappa shape index (κ2) is 8.41. The molecule has 0 spiro atoms. The minimum Gasteiger partial charge on any atom is -0.477 e. The van der Waals surface area contributed by atoms with Gasteiger partial charge in [0.05, 0.1) is 9.79 Å². The van der Waals surface area contributed by atoms with Crippen molar-refractivity contribution in [1.29, 1.82) is 0 Å². The van der Waals surface area contributed by atoms with Gasteiger partial charge in [0.2, 0.25) is 9.84 Å². The number of aromatic amines is 1. The summed E-state index contributed by atoms with van der Waals surface area (Å²) in [7, 11) is -3.86. The molecule has 2 N–H and O–H groups in total. The number of halogens is 3. The quantitative estimate of drug-likeness (QED) is 0.323. The van der Waals surface area contributed by atoms with Crippen LogP contribution < -0.4 is 4.74 Å². The Bertz CT molecular complexity index is 1510. The number of rotatable bonds is 6. The maximum Gasteiger partial charge on any atom is 0.379 e. The number of carbonyl (C=O) groups is 1. The maximum absolute atomic E-state index is 13.9. The van der Waals surface area contributed by atoms with Crippen LogP contribution in [0, 0.1) is 13.8 Å². The molecule has 6 nitrogen and oxygen atoms in total. The molecule has 1 heterocycles. The molecule has 0 saturated heterocycles. The first-order chi connectivity index (χ1) is 15.9. The highest BCUT2D eigenvalue weighted by Crippen LogP contribution is 2.37. The summed E-state index contributed by atoms with van der Waals surface area (Å²) in [6.07, 6.45) is 1.39. The Kier molecular flexibility index (Phi) is 5.87. The molecule has 0 atom stereocenters. The van der Waals surface area contributed by atoms with E-state index in [0.717, 1.165) is 12.1 Å². The molecule has 0 aliphatic carbocycles. The van der Waals surface area contributed by atoms with Crippen LogP contribution in [0.2, 0.25) is 5.02 Å². The maximum atomic E-state index is 13.9. The molecular formula is C24H18ClF2NO5S. The van der Waals surface area contributed by atoms with E-state index in [1.807, 2.05) is 0 Å². The number of benzene rings is 3. The number of hydrogen-bond acceptors (Lipinski definition) is 4. The lowest BCUT2D eigenvalue weighted by Crippen LogP contribution is -2.25. The number of aryl methyl sites for hydroxylation is 2. The second-order valence-corrected chi connectivity index (χ2v) is 10.1. The zero-order valence-corrected chi connectivity index (χ0v) is 19.5. The van der Waals surface area contributed by atoms with Crippen molar-refractivity contribution in [2.75, 3.05) is 0 Å². The van der Waals surface area contributed by atoms with Crippen molar-refractivity contribution in [2.45, 2.75) is 29.6 Å². The fourth-order valence-corrected chi connectivity index (χ4v) is 5.18. The van der Waals surface area contributed by atoms with Gasteiger partial charge in [-0.2, -0.15) is 8.78 Å². The van der Waals surface area contributed by atoms with E-state index in [9.17, 15) is 22.0 Å². The van der Waals surface area contributed by atoms with Crippen molar-refractivity contribution in [2.24, 2.45) is 0 Å². The van der Waals surface area contributed by atoms with Gasteiger partial charge in [0.25, 0.3) is 0 Å². The number of ether oxygens (including phenoxy) is 1. The fourth-order valence-electron chi connectivity index (χ4n) is 3.63. The number of hydrogen-bond donors (Lipinski definition) is 2. The van der Waals surface area contributed by atoms with Gasteiger partial charge in [-0.1, -0.05) is 11.6 Å². The number of nitrogens with one attached hydrogen (secondary N) is 1. The van der Waals surface area contributed by atoms with Gasteiger partial charge < -0.3 is 14.8 Å². The van der Waals surface area contributed by atoms with E-state index in [1.165, 1.54) is 50.4 Å². The third kappa shape index (κ3) is 4.12. The summed E-state index contributed by atoms with van der Waals surface area (Å²) in [6.45, 7) is 3.05. The molecule has 34 heavy (non-hydrogen) atoms. The van der Waals surface area contributed by atoms with Gasteiger partial charge in [-0.15, -0.1) is 0 Å². The molecule has 0 radical (unpaired) electrons. The highest BCUT2D eigenvalue weighted by Gasteiger charge is 2.41. The summed E-state index contributed by atoms with van der Waals surface area (Å²) in [5, 5.41) is 9.60. The van der Waals surface area contributed by atoms with Crippen molar-refractivity contribution >= 4 is 38.3 Å². The van der Waals surface area contributed by atoms with Gasteiger partial charge in [0, 0.05) is 27.7 Å². The fraction of sp³-hybridized carbons (Fsp3) is 0.125. The molecule has 0 bridgehead atoms. The highest BCUT2D eigenvalue weighted by molar-refractivity contribution is 7.91. The van der Waals surface area contributed by atoms with Gasteiger partial charge >= 0.3 is 11.9 Å². The summed E-state index contributed by atoms with van der Waals surface area (Å²) in [5.41, 5.74) is 0.516. The minimum absolute atomic E-state index is 0.0418. The molecule has 4 rings (SSSR count). The predicted octanol–water partition coefficient (Wildman–Crippen LogP) is 6.24. The average Bonchev–Trinajstić information content (AvgIpc) is 3.20. The van der Waals surface area contributed by atoms with Crippen LogP contribution >= 0.6 is 11.6 Å². The number of aliphatic carboxylic acids is 1. The smallest absolute Gasteiger partial charge is 0.379 e. The Morgan fingerprint density at radius 2 is 1.65 bits per heavy atom. The normalized spacial score (nSPS) is 12.1. The molecule has 4 aromatic rings. The van der Waals surface area contributed by atoms with Gasteiger partial charge in [-0.05, 0) is 79.6 Å². The van der Waals surface area contributed by atoms with Gasteiger partial charge in [0.15, 0.2) is 0 Å². The van der Waals surface area contributed by atoms with Crippen molar-refractivity contribution in [3.05, 3.63) is 82.5 Å². The Morgan fingerprint density at radius 1 is 1.03 bits per heavy atom. The number of aromatic nitrogens is 1. The Balaban J connectivity index is 1.74. The first kappa shape index (κ1) is 23.7. The van der Waals surface area contributed by atoms with Crippen LogP contribution in [0.4, 0.5) is 8.78 Å². The molecule has 1 aromatic heterocycles. The molecular weight excluding hydrogens is 488 g/mol. The molecule has 176 valence electrons. The van der Waals surface area contributed by atoms with Crippen LogP contribution in [-0.4, -0.2) is 24.5 Å². The molecule has 0 aliphatic heterocycles. The van der Waals surface area contributed by atoms with E-state index in [2.05, 4.69) is 4.98 Å². The summed E-state index contributed by atoms with van der Waals surface area (Å²) in [5.74, 6) is -5.74. The highest BCUT2D eigenvalue weighted by atomic mass is 35.5. The van der Waals surface area contributed by atoms with Crippen molar-refractivity contribution in [3.63, 3.8) is 0 Å². The Hall–Kier alpha value is -3.43. The Labute approximate surface area is 198 Å². The first-order valence-corrected chi connectivity index (χ1v) is 11.8. The third-order valence-corrected chi connectivity index (χ3v) is 7.40. The topological polar surface area (TPSA) is 96.5 Å². The van der Waals surface area contributed by atoms with E-state index in [0.29, 0.717) is 27.1 Å². The van der Waals surface area contributed by atoms with Crippen LogP contribution in [0.15, 0.2) is 70.6 Å². The molecule has 0 amide bonds. The van der Waals surface area contributed by atoms with E-state index in [-0.39, 0.29) is 21.3 Å². The number of H-pyrrole nitrogens is 1. The largest absolute Gasteiger partial charge is 0.477 e. The lowest BCUT2D eigenvalue weighted by Gasteiger charge is -2.17. The second-order valence-electron chi connectivity index (χ2n) is 7.74. The number of carboxylic acids is 1. The number of sulfone groups is 1. The van der Waals surface area contributed by atoms with Gasteiger partial charge in [-0.25, -0.2) is 13.2 Å². The lowest BCUT2D eigenvalue weighted by atomic mass is 10.0. The van der Waals surface area contributed by atoms with Crippen molar-refractivity contribution < 1.29 is 31.8 Å². The van der Waals surface area contributed by atoms with Crippen LogP contribution in [0.1, 0.15) is 16.7 Å². The van der Waals surface area contributed by atoms with E-state index in [4.69, 9.17) is 21.4 Å². The van der Waals surface area contributed by atoms with E-state index >= 15 is 0 Å². The van der Waals surface area contributed by atoms with Crippen molar-refractivity contribution in [1.82, 2.24) is 4.98 Å². The number of carboxylic acid groups (broad SMARTS) is 1. The predicted molar refractivity (Wildman–Crippen MR) is 123 cm³/mol. The van der Waals surface area contributed by atoms with E-state index in [1.54, 1.807) is 12.1 Å². The lowest BCUT2D eigenvalue weighted by molar-refractivity contribution is -0.166. The summed E-state index contributed by atoms with van der Waals surface area (Å²) in [4.78, 5) is 14.0. The molecule has 3 aromatic carbocycles. The third-order valence-electron chi connectivity index (χ3n) is 5.34. The van der Waals surface area contributed by atoms with Crippen molar-refractivity contribution in [3.8, 4) is 11.5 Å². The van der Waals surface area contributed by atoms with Crippen LogP contribution in [-0.2, 0) is 20.6 Å². The van der Waals surface area contributed by atoms with Gasteiger partial charge in [-0.3, -0.25) is 0 Å². The van der Waals surface area contributed by atoms with Crippen LogP contribution in [0.25, 0.3) is 10.9 Å². The van der Waals surface area contributed by atoms with Gasteiger partial charge in [0.1, 0.15) is 11.5 Å². The molecule has 0 unspecified atom stereocenters. The zero-order chi connectivity index (χ0) is 24.8. The minimum atomic E-state index is -4.04. The molecule has 0 aliphatic rings. The first-order valence-electron chi connectivity index (χ1n) is 9.94. The number of alkyl halides is 2. The van der Waals surface area contributed by atoms with Crippen LogP contribution in [0.5, 0.6) is 11.5 Å².